The van der Waals surface area contributed by atoms with Crippen molar-refractivity contribution in [1.29, 1.82) is 0 Å². The molecule has 0 aliphatic carbocycles. The summed E-state index contributed by atoms with van der Waals surface area (Å²) in [6.45, 7) is 8.29. The minimum Gasteiger partial charge on any atom is -0.372 e. The third kappa shape index (κ3) is 4.57. The molecular formula is C21H24N4OS. The van der Waals surface area contributed by atoms with Crippen molar-refractivity contribution in [3.8, 4) is 0 Å². The number of rotatable bonds is 6. The Labute approximate surface area is 164 Å². The van der Waals surface area contributed by atoms with Crippen LogP contribution in [0.5, 0.6) is 0 Å². The lowest BCUT2D eigenvalue weighted by atomic mass is 10.2. The molecule has 2 aromatic rings. The summed E-state index contributed by atoms with van der Waals surface area (Å²) in [4.78, 5) is 16.2. The highest BCUT2D eigenvalue weighted by Gasteiger charge is 2.29. The third-order valence-corrected chi connectivity index (χ3v) is 5.34. The van der Waals surface area contributed by atoms with Crippen LogP contribution in [0.4, 0.5) is 11.4 Å². The van der Waals surface area contributed by atoms with Crippen LogP contribution >= 0.6 is 11.8 Å². The van der Waals surface area contributed by atoms with Crippen LogP contribution < -0.4 is 9.80 Å². The van der Waals surface area contributed by atoms with Gasteiger partial charge in [-0.05, 0) is 50.6 Å². The molecule has 3 rings (SSSR count). The lowest BCUT2D eigenvalue weighted by molar-refractivity contribution is -0.115. The maximum atomic E-state index is 12.2. The Bertz CT molecular complexity index is 839. The fourth-order valence-corrected chi connectivity index (χ4v) is 3.71. The molecule has 1 aliphatic heterocycles. The van der Waals surface area contributed by atoms with Crippen LogP contribution in [0, 0.1) is 6.92 Å². The van der Waals surface area contributed by atoms with E-state index in [2.05, 4.69) is 41.1 Å². The standard InChI is InChI=1S/C21H24N4OS/c1-4-24(5-2)18-12-8-17(9-13-18)14-22-23-21-25(20(26)15-27-21)19-10-6-16(3)7-11-19/h6-14H,4-5,15H2,1-3H3/b22-14+,23-21+. The summed E-state index contributed by atoms with van der Waals surface area (Å²) < 4.78 is 0. The van der Waals surface area contributed by atoms with Gasteiger partial charge in [0.1, 0.15) is 0 Å². The molecule has 1 saturated heterocycles. The number of anilines is 2. The molecule has 1 fully saturated rings. The largest absolute Gasteiger partial charge is 0.372 e. The quantitative estimate of drug-likeness (QED) is 0.554. The molecule has 0 aromatic heterocycles. The Kier molecular flexibility index (Phi) is 6.29. The Morgan fingerprint density at radius 2 is 1.74 bits per heavy atom. The van der Waals surface area contributed by atoms with E-state index < -0.39 is 0 Å². The van der Waals surface area contributed by atoms with E-state index in [0.717, 1.165) is 29.9 Å². The van der Waals surface area contributed by atoms with Gasteiger partial charge in [-0.25, -0.2) is 0 Å². The maximum Gasteiger partial charge on any atom is 0.243 e. The maximum absolute atomic E-state index is 12.2. The summed E-state index contributed by atoms with van der Waals surface area (Å²) in [5, 5.41) is 9.09. The highest BCUT2D eigenvalue weighted by atomic mass is 32.2. The van der Waals surface area contributed by atoms with Crippen LogP contribution in [0.2, 0.25) is 0 Å². The zero-order valence-corrected chi connectivity index (χ0v) is 16.7. The second kappa shape index (κ2) is 8.86. The van der Waals surface area contributed by atoms with Crippen molar-refractivity contribution < 1.29 is 4.79 Å². The first-order valence-electron chi connectivity index (χ1n) is 9.10. The van der Waals surface area contributed by atoms with E-state index in [0.29, 0.717) is 10.9 Å². The van der Waals surface area contributed by atoms with Gasteiger partial charge in [-0.15, -0.1) is 5.10 Å². The number of nitrogens with zero attached hydrogens (tertiary/aromatic N) is 4. The van der Waals surface area contributed by atoms with E-state index in [4.69, 9.17) is 0 Å². The topological polar surface area (TPSA) is 48.3 Å². The van der Waals surface area contributed by atoms with Gasteiger partial charge in [0.25, 0.3) is 0 Å². The minimum absolute atomic E-state index is 0.0291. The van der Waals surface area contributed by atoms with Crippen molar-refractivity contribution >= 4 is 40.4 Å². The number of carbonyl (C=O) groups is 1. The highest BCUT2D eigenvalue weighted by Crippen LogP contribution is 2.27. The molecular weight excluding hydrogens is 356 g/mol. The SMILES string of the molecule is CCN(CC)c1ccc(/C=N/N=C2/SCC(=O)N2c2ccc(C)cc2)cc1. The normalized spacial score (nSPS) is 15.9. The van der Waals surface area contributed by atoms with Crippen LogP contribution in [-0.2, 0) is 4.79 Å². The van der Waals surface area contributed by atoms with Crippen LogP contribution in [0.15, 0.2) is 58.7 Å². The van der Waals surface area contributed by atoms with Crippen LogP contribution in [0.25, 0.3) is 0 Å². The lowest BCUT2D eigenvalue weighted by Crippen LogP contribution is -2.28. The second-order valence-corrected chi connectivity index (χ2v) is 7.19. The first-order chi connectivity index (χ1) is 13.1. The predicted octanol–water partition coefficient (Wildman–Crippen LogP) is 4.31. The van der Waals surface area contributed by atoms with E-state index in [1.165, 1.54) is 17.4 Å². The molecule has 6 heteroatoms. The van der Waals surface area contributed by atoms with Gasteiger partial charge in [-0.1, -0.05) is 41.6 Å². The van der Waals surface area contributed by atoms with E-state index in [-0.39, 0.29) is 5.91 Å². The zero-order valence-electron chi connectivity index (χ0n) is 15.9. The van der Waals surface area contributed by atoms with Crippen molar-refractivity contribution in [2.24, 2.45) is 10.2 Å². The van der Waals surface area contributed by atoms with Gasteiger partial charge in [-0.2, -0.15) is 5.10 Å². The van der Waals surface area contributed by atoms with Crippen molar-refractivity contribution in [3.63, 3.8) is 0 Å². The van der Waals surface area contributed by atoms with E-state index in [9.17, 15) is 4.79 Å². The zero-order chi connectivity index (χ0) is 19.2. The van der Waals surface area contributed by atoms with Crippen LogP contribution in [-0.4, -0.2) is 36.1 Å². The minimum atomic E-state index is 0.0291. The molecule has 0 N–H and O–H groups in total. The molecule has 1 aliphatic rings. The smallest absolute Gasteiger partial charge is 0.243 e. The molecule has 1 heterocycles. The second-order valence-electron chi connectivity index (χ2n) is 6.24. The number of aryl methyl sites for hydroxylation is 1. The lowest BCUT2D eigenvalue weighted by Gasteiger charge is -2.20. The van der Waals surface area contributed by atoms with Gasteiger partial charge < -0.3 is 4.90 Å². The highest BCUT2D eigenvalue weighted by molar-refractivity contribution is 8.15. The Balaban J connectivity index is 1.74. The molecule has 0 unspecified atom stereocenters. The van der Waals surface area contributed by atoms with Crippen LogP contribution in [0.3, 0.4) is 0 Å². The number of carbonyl (C=O) groups excluding carboxylic acids is 1. The molecule has 27 heavy (non-hydrogen) atoms. The summed E-state index contributed by atoms with van der Waals surface area (Å²) in [6, 6.07) is 16.1. The molecule has 1 amide bonds. The third-order valence-electron chi connectivity index (χ3n) is 4.43. The average Bonchev–Trinajstić information content (AvgIpc) is 3.05. The fourth-order valence-electron chi connectivity index (χ4n) is 2.89. The summed E-state index contributed by atoms with van der Waals surface area (Å²) in [5.41, 5.74) is 4.16. The Morgan fingerprint density at radius 3 is 2.37 bits per heavy atom. The molecule has 2 aromatic carbocycles. The number of amidine groups is 1. The Hall–Kier alpha value is -2.60. The van der Waals surface area contributed by atoms with Crippen LogP contribution in [0.1, 0.15) is 25.0 Å². The molecule has 0 radical (unpaired) electrons. The summed E-state index contributed by atoms with van der Waals surface area (Å²) in [7, 11) is 0. The van der Waals surface area contributed by atoms with Crippen molar-refractivity contribution in [2.45, 2.75) is 20.8 Å². The van der Waals surface area contributed by atoms with Crippen molar-refractivity contribution in [3.05, 3.63) is 59.7 Å². The number of amides is 1. The monoisotopic (exact) mass is 380 g/mol. The number of benzene rings is 2. The van der Waals surface area contributed by atoms with E-state index >= 15 is 0 Å². The first-order valence-corrected chi connectivity index (χ1v) is 10.1. The van der Waals surface area contributed by atoms with Gasteiger partial charge in [0, 0.05) is 18.8 Å². The average molecular weight is 381 g/mol. The summed E-state index contributed by atoms with van der Waals surface area (Å²) in [5.74, 6) is 0.419. The van der Waals surface area contributed by atoms with E-state index in [1.54, 1.807) is 11.1 Å². The molecule has 0 atom stereocenters. The van der Waals surface area contributed by atoms with Gasteiger partial charge in [0.15, 0.2) is 5.17 Å². The summed E-state index contributed by atoms with van der Waals surface area (Å²) >= 11 is 1.41. The molecule has 5 nitrogen and oxygen atoms in total. The van der Waals surface area contributed by atoms with Crippen molar-refractivity contribution in [1.82, 2.24) is 0 Å². The Morgan fingerprint density at radius 1 is 1.07 bits per heavy atom. The molecule has 0 bridgehead atoms. The molecule has 140 valence electrons. The van der Waals surface area contributed by atoms with Gasteiger partial charge >= 0.3 is 0 Å². The van der Waals surface area contributed by atoms with Gasteiger partial charge in [0.05, 0.1) is 17.7 Å². The molecule has 0 spiro atoms. The predicted molar refractivity (Wildman–Crippen MR) is 116 cm³/mol. The number of hydrogen-bond acceptors (Lipinski definition) is 5. The van der Waals surface area contributed by atoms with Gasteiger partial charge in [0.2, 0.25) is 5.91 Å². The summed E-state index contributed by atoms with van der Waals surface area (Å²) in [6.07, 6.45) is 1.72. The fraction of sp³-hybridized carbons (Fsp3) is 0.286. The first kappa shape index (κ1) is 19.2. The van der Waals surface area contributed by atoms with Gasteiger partial charge in [-0.3, -0.25) is 9.69 Å². The van der Waals surface area contributed by atoms with E-state index in [1.807, 2.05) is 43.3 Å². The van der Waals surface area contributed by atoms with Crippen molar-refractivity contribution in [2.75, 3.05) is 28.6 Å². The number of thioether (sulfide) groups is 1. The number of hydrogen-bond donors (Lipinski definition) is 0. The molecule has 0 saturated carbocycles.